The molecular formula is C15H17N3O2S. The topological polar surface area (TPSA) is 59.1 Å². The Morgan fingerprint density at radius 1 is 1.48 bits per heavy atom. The SMILES string of the molecule is C=CCN=c1scc(C)n1N=Cc1ccc(O)c(OC)c1. The Morgan fingerprint density at radius 2 is 2.29 bits per heavy atom. The fourth-order valence-corrected chi connectivity index (χ4v) is 2.49. The van der Waals surface area contributed by atoms with E-state index in [1.54, 1.807) is 35.2 Å². The van der Waals surface area contributed by atoms with Crippen LogP contribution in [0.2, 0.25) is 0 Å². The zero-order chi connectivity index (χ0) is 15.2. The van der Waals surface area contributed by atoms with Gasteiger partial charge in [-0.2, -0.15) is 5.10 Å². The summed E-state index contributed by atoms with van der Waals surface area (Å²) >= 11 is 1.53. The van der Waals surface area contributed by atoms with Crippen LogP contribution in [-0.4, -0.2) is 29.7 Å². The molecule has 5 nitrogen and oxygen atoms in total. The second kappa shape index (κ2) is 6.90. The minimum Gasteiger partial charge on any atom is -0.504 e. The van der Waals surface area contributed by atoms with Crippen LogP contribution < -0.4 is 9.54 Å². The number of phenolic OH excluding ortho intramolecular Hbond substituents is 1. The molecule has 1 aromatic carbocycles. The van der Waals surface area contributed by atoms with Crippen molar-refractivity contribution in [2.45, 2.75) is 6.92 Å². The number of rotatable bonds is 5. The van der Waals surface area contributed by atoms with Crippen molar-refractivity contribution in [2.24, 2.45) is 10.1 Å². The summed E-state index contributed by atoms with van der Waals surface area (Å²) in [5.74, 6) is 0.526. The maximum absolute atomic E-state index is 9.58. The summed E-state index contributed by atoms with van der Waals surface area (Å²) in [6, 6.07) is 5.07. The van der Waals surface area contributed by atoms with Crippen LogP contribution in [0.4, 0.5) is 0 Å². The van der Waals surface area contributed by atoms with Gasteiger partial charge in [-0.1, -0.05) is 6.08 Å². The van der Waals surface area contributed by atoms with Crippen molar-refractivity contribution in [3.05, 3.63) is 52.3 Å². The van der Waals surface area contributed by atoms with Gasteiger partial charge >= 0.3 is 0 Å². The molecule has 0 saturated heterocycles. The van der Waals surface area contributed by atoms with Crippen LogP contribution in [0.1, 0.15) is 11.3 Å². The van der Waals surface area contributed by atoms with E-state index in [2.05, 4.69) is 16.7 Å². The van der Waals surface area contributed by atoms with Crippen molar-refractivity contribution in [2.75, 3.05) is 13.7 Å². The van der Waals surface area contributed by atoms with E-state index in [1.807, 2.05) is 12.3 Å². The minimum absolute atomic E-state index is 0.107. The number of aromatic nitrogens is 1. The molecule has 1 heterocycles. The first-order chi connectivity index (χ1) is 10.2. The van der Waals surface area contributed by atoms with Crippen LogP contribution in [0.3, 0.4) is 0 Å². The largest absolute Gasteiger partial charge is 0.504 e. The number of thiazole rings is 1. The molecule has 1 N–H and O–H groups in total. The summed E-state index contributed by atoms with van der Waals surface area (Å²) in [4.78, 5) is 5.20. The number of nitrogens with zero attached hydrogens (tertiary/aromatic N) is 3. The Bertz CT molecular complexity index is 729. The molecule has 2 aromatic rings. The zero-order valence-electron chi connectivity index (χ0n) is 12.0. The predicted molar refractivity (Wildman–Crippen MR) is 85.3 cm³/mol. The molecule has 0 spiro atoms. The Labute approximate surface area is 127 Å². The fourth-order valence-electron chi connectivity index (χ4n) is 1.67. The number of hydrogen-bond donors (Lipinski definition) is 1. The lowest BCUT2D eigenvalue weighted by atomic mass is 10.2. The quantitative estimate of drug-likeness (QED) is 0.681. The van der Waals surface area contributed by atoms with Crippen molar-refractivity contribution in [1.29, 1.82) is 0 Å². The highest BCUT2D eigenvalue weighted by atomic mass is 32.1. The minimum atomic E-state index is 0.107. The van der Waals surface area contributed by atoms with Crippen LogP contribution in [0.25, 0.3) is 0 Å². The third-order valence-corrected chi connectivity index (χ3v) is 3.70. The maximum Gasteiger partial charge on any atom is 0.206 e. The highest BCUT2D eigenvalue weighted by molar-refractivity contribution is 7.07. The first-order valence-electron chi connectivity index (χ1n) is 6.35. The number of phenols is 1. The average molecular weight is 303 g/mol. The molecule has 0 saturated carbocycles. The van der Waals surface area contributed by atoms with E-state index in [1.165, 1.54) is 18.4 Å². The molecule has 0 aliphatic rings. The first-order valence-corrected chi connectivity index (χ1v) is 7.23. The van der Waals surface area contributed by atoms with Gasteiger partial charge in [-0.3, -0.25) is 4.99 Å². The molecule has 110 valence electrons. The van der Waals surface area contributed by atoms with Gasteiger partial charge in [0.15, 0.2) is 11.5 Å². The molecule has 0 unspecified atom stereocenters. The van der Waals surface area contributed by atoms with Crippen molar-refractivity contribution >= 4 is 17.6 Å². The van der Waals surface area contributed by atoms with E-state index in [-0.39, 0.29) is 5.75 Å². The summed E-state index contributed by atoms with van der Waals surface area (Å²) in [5, 5.41) is 16.0. The van der Waals surface area contributed by atoms with Gasteiger partial charge in [0.1, 0.15) is 0 Å². The molecule has 0 bridgehead atoms. The van der Waals surface area contributed by atoms with E-state index in [4.69, 9.17) is 4.74 Å². The molecule has 0 fully saturated rings. The smallest absolute Gasteiger partial charge is 0.206 e. The standard InChI is InChI=1S/C15H17N3O2S/c1-4-7-16-15-18(11(2)10-21-15)17-9-12-5-6-13(19)14(8-12)20-3/h4-6,8-10,19H,1,7H2,2-3H3. The van der Waals surface area contributed by atoms with Gasteiger partial charge in [0, 0.05) is 5.38 Å². The Balaban J connectivity index is 2.33. The maximum atomic E-state index is 9.58. The van der Waals surface area contributed by atoms with Gasteiger partial charge in [0.25, 0.3) is 0 Å². The zero-order valence-corrected chi connectivity index (χ0v) is 12.8. The predicted octanol–water partition coefficient (Wildman–Crippen LogP) is 2.54. The van der Waals surface area contributed by atoms with Gasteiger partial charge in [-0.25, -0.2) is 4.68 Å². The molecule has 1 aromatic heterocycles. The molecule has 0 radical (unpaired) electrons. The van der Waals surface area contributed by atoms with Crippen molar-refractivity contribution in [3.8, 4) is 11.5 Å². The Hall–Kier alpha value is -2.34. The fraction of sp³-hybridized carbons (Fsp3) is 0.200. The number of benzene rings is 1. The van der Waals surface area contributed by atoms with E-state index in [0.29, 0.717) is 12.3 Å². The number of ether oxygens (including phenoxy) is 1. The Morgan fingerprint density at radius 3 is 3.00 bits per heavy atom. The van der Waals surface area contributed by atoms with Gasteiger partial charge in [0.05, 0.1) is 25.6 Å². The number of aryl methyl sites for hydroxylation is 1. The summed E-state index contributed by atoms with van der Waals surface area (Å²) < 4.78 is 6.85. The molecule has 2 rings (SSSR count). The first kappa shape index (κ1) is 15.1. The summed E-state index contributed by atoms with van der Waals surface area (Å²) in [6.45, 7) is 6.19. The molecule has 0 amide bonds. The lowest BCUT2D eigenvalue weighted by Gasteiger charge is -2.03. The lowest BCUT2D eigenvalue weighted by molar-refractivity contribution is 0.373. The average Bonchev–Trinajstić information content (AvgIpc) is 2.84. The summed E-state index contributed by atoms with van der Waals surface area (Å²) in [6.07, 6.45) is 3.45. The molecule has 6 heteroatoms. The van der Waals surface area contributed by atoms with E-state index in [9.17, 15) is 5.11 Å². The number of hydrogen-bond acceptors (Lipinski definition) is 5. The van der Waals surface area contributed by atoms with Crippen LogP contribution in [0.15, 0.2) is 46.3 Å². The highest BCUT2D eigenvalue weighted by Gasteiger charge is 2.02. The van der Waals surface area contributed by atoms with Crippen LogP contribution in [0.5, 0.6) is 11.5 Å². The van der Waals surface area contributed by atoms with Crippen LogP contribution >= 0.6 is 11.3 Å². The second-order valence-electron chi connectivity index (χ2n) is 4.28. The van der Waals surface area contributed by atoms with Gasteiger partial charge < -0.3 is 9.84 Å². The lowest BCUT2D eigenvalue weighted by Crippen LogP contribution is -2.12. The second-order valence-corrected chi connectivity index (χ2v) is 5.11. The number of methoxy groups -OCH3 is 1. The monoisotopic (exact) mass is 303 g/mol. The van der Waals surface area contributed by atoms with Crippen LogP contribution in [-0.2, 0) is 0 Å². The van der Waals surface area contributed by atoms with Crippen molar-refractivity contribution in [1.82, 2.24) is 4.68 Å². The van der Waals surface area contributed by atoms with Crippen molar-refractivity contribution in [3.63, 3.8) is 0 Å². The summed E-state index contributed by atoms with van der Waals surface area (Å²) in [7, 11) is 1.51. The molecule has 0 aliphatic carbocycles. The van der Waals surface area contributed by atoms with E-state index >= 15 is 0 Å². The third kappa shape index (κ3) is 3.61. The highest BCUT2D eigenvalue weighted by Crippen LogP contribution is 2.25. The van der Waals surface area contributed by atoms with Gasteiger partial charge in [0.2, 0.25) is 4.80 Å². The number of aromatic hydroxyl groups is 1. The molecular weight excluding hydrogens is 286 g/mol. The summed E-state index contributed by atoms with van der Waals surface area (Å²) in [5.41, 5.74) is 1.84. The van der Waals surface area contributed by atoms with Crippen LogP contribution in [0, 0.1) is 6.92 Å². The Kier molecular flexibility index (Phi) is 4.94. The van der Waals surface area contributed by atoms with Gasteiger partial charge in [-0.15, -0.1) is 17.9 Å². The van der Waals surface area contributed by atoms with Gasteiger partial charge in [-0.05, 0) is 30.7 Å². The van der Waals surface area contributed by atoms with E-state index < -0.39 is 0 Å². The molecule has 0 aliphatic heterocycles. The molecule has 0 atom stereocenters. The van der Waals surface area contributed by atoms with Crippen molar-refractivity contribution < 1.29 is 9.84 Å². The molecule has 21 heavy (non-hydrogen) atoms. The normalized spacial score (nSPS) is 12.0. The van der Waals surface area contributed by atoms with E-state index in [0.717, 1.165) is 16.1 Å². The third-order valence-electron chi connectivity index (χ3n) is 2.73.